The first-order chi connectivity index (χ1) is 10.4. The van der Waals surface area contributed by atoms with Crippen molar-refractivity contribution >= 4 is 0 Å². The Morgan fingerprint density at radius 1 is 0.952 bits per heavy atom. The Kier molecular flexibility index (Phi) is 6.38. The summed E-state index contributed by atoms with van der Waals surface area (Å²) < 4.78 is 5.77. The highest BCUT2D eigenvalue weighted by atomic mass is 16.5. The summed E-state index contributed by atoms with van der Waals surface area (Å²) in [6, 6.07) is 18.4. The van der Waals surface area contributed by atoms with Crippen molar-refractivity contribution in [3.63, 3.8) is 0 Å². The topological polar surface area (TPSA) is 21.3 Å². The fourth-order valence-corrected chi connectivity index (χ4v) is 1.95. The van der Waals surface area contributed by atoms with Gasteiger partial charge in [-0.15, -0.1) is 11.8 Å². The Balaban J connectivity index is 1.75. The van der Waals surface area contributed by atoms with Crippen LogP contribution in [0.1, 0.15) is 24.5 Å². The lowest BCUT2D eigenvalue weighted by Crippen LogP contribution is -2.14. The van der Waals surface area contributed by atoms with Gasteiger partial charge in [-0.25, -0.2) is 0 Å². The summed E-state index contributed by atoms with van der Waals surface area (Å²) >= 11 is 0. The third kappa shape index (κ3) is 5.72. The zero-order valence-electron chi connectivity index (χ0n) is 12.4. The van der Waals surface area contributed by atoms with Gasteiger partial charge in [-0.3, -0.25) is 0 Å². The quantitative estimate of drug-likeness (QED) is 0.615. The van der Waals surface area contributed by atoms with Crippen LogP contribution >= 0.6 is 0 Å². The van der Waals surface area contributed by atoms with Crippen molar-refractivity contribution in [1.29, 1.82) is 0 Å². The average molecular weight is 279 g/mol. The van der Waals surface area contributed by atoms with Crippen molar-refractivity contribution in [1.82, 2.24) is 5.32 Å². The summed E-state index contributed by atoms with van der Waals surface area (Å²) in [5.74, 6) is 6.84. The van der Waals surface area contributed by atoms with Crippen LogP contribution in [0, 0.1) is 11.8 Å². The van der Waals surface area contributed by atoms with E-state index in [0.717, 1.165) is 25.3 Å². The second kappa shape index (κ2) is 8.84. The van der Waals surface area contributed by atoms with E-state index in [9.17, 15) is 0 Å². The summed E-state index contributed by atoms with van der Waals surface area (Å²) in [5.41, 5.74) is 2.44. The molecule has 0 atom stereocenters. The van der Waals surface area contributed by atoms with Crippen LogP contribution in [0.4, 0.5) is 0 Å². The first-order valence-corrected chi connectivity index (χ1v) is 7.24. The van der Waals surface area contributed by atoms with Crippen LogP contribution in [-0.4, -0.2) is 6.54 Å². The maximum atomic E-state index is 5.77. The molecule has 2 aromatic carbocycles. The van der Waals surface area contributed by atoms with Crippen molar-refractivity contribution in [2.75, 3.05) is 6.54 Å². The molecular weight excluding hydrogens is 258 g/mol. The third-order valence-corrected chi connectivity index (χ3v) is 3.10. The standard InChI is InChI=1S/C19H21NO/c1-2-3-7-14-20-15-17-10-12-19(13-11-17)21-16-18-8-5-4-6-9-18/h4-6,8-13,20H,7,14-16H2,1H3. The summed E-state index contributed by atoms with van der Waals surface area (Å²) in [4.78, 5) is 0. The Morgan fingerprint density at radius 2 is 1.71 bits per heavy atom. The maximum absolute atomic E-state index is 5.77. The Hall–Kier alpha value is -2.24. The van der Waals surface area contributed by atoms with Crippen LogP contribution in [0.3, 0.4) is 0 Å². The predicted octanol–water partition coefficient (Wildman–Crippen LogP) is 3.77. The summed E-state index contributed by atoms with van der Waals surface area (Å²) in [6.45, 7) is 4.26. The lowest BCUT2D eigenvalue weighted by Gasteiger charge is -2.08. The lowest BCUT2D eigenvalue weighted by molar-refractivity contribution is 0.306. The molecule has 0 aliphatic heterocycles. The van der Waals surface area contributed by atoms with E-state index in [1.807, 2.05) is 37.3 Å². The van der Waals surface area contributed by atoms with E-state index in [1.54, 1.807) is 0 Å². The molecule has 0 aromatic heterocycles. The fraction of sp³-hybridized carbons (Fsp3) is 0.263. The van der Waals surface area contributed by atoms with Gasteiger partial charge in [0.1, 0.15) is 12.4 Å². The molecule has 108 valence electrons. The van der Waals surface area contributed by atoms with Gasteiger partial charge in [0.15, 0.2) is 0 Å². The summed E-state index contributed by atoms with van der Waals surface area (Å²) in [6.07, 6.45) is 0.898. The second-order valence-electron chi connectivity index (χ2n) is 4.77. The average Bonchev–Trinajstić information content (AvgIpc) is 2.55. The van der Waals surface area contributed by atoms with Crippen LogP contribution in [0.25, 0.3) is 0 Å². The minimum Gasteiger partial charge on any atom is -0.489 e. The smallest absolute Gasteiger partial charge is 0.119 e. The van der Waals surface area contributed by atoms with E-state index in [0.29, 0.717) is 6.61 Å². The van der Waals surface area contributed by atoms with Crippen LogP contribution in [0.5, 0.6) is 5.75 Å². The van der Waals surface area contributed by atoms with Crippen LogP contribution < -0.4 is 10.1 Å². The second-order valence-corrected chi connectivity index (χ2v) is 4.77. The zero-order chi connectivity index (χ0) is 14.8. The third-order valence-electron chi connectivity index (χ3n) is 3.10. The van der Waals surface area contributed by atoms with Crippen molar-refractivity contribution in [3.05, 3.63) is 65.7 Å². The Bertz CT molecular complexity index is 578. The van der Waals surface area contributed by atoms with Crippen molar-refractivity contribution in [2.24, 2.45) is 0 Å². The molecule has 0 aliphatic carbocycles. The van der Waals surface area contributed by atoms with Crippen molar-refractivity contribution in [2.45, 2.75) is 26.5 Å². The van der Waals surface area contributed by atoms with Gasteiger partial charge < -0.3 is 10.1 Å². The molecule has 0 unspecified atom stereocenters. The SMILES string of the molecule is CC#CCCNCc1ccc(OCc2ccccc2)cc1. The number of nitrogens with one attached hydrogen (secondary N) is 1. The number of hydrogen-bond donors (Lipinski definition) is 1. The molecule has 0 saturated carbocycles. The van der Waals surface area contributed by atoms with Gasteiger partial charge in [0.2, 0.25) is 0 Å². The molecule has 1 N–H and O–H groups in total. The lowest BCUT2D eigenvalue weighted by atomic mass is 10.2. The number of rotatable bonds is 7. The monoisotopic (exact) mass is 279 g/mol. The molecule has 0 aliphatic rings. The van der Waals surface area contributed by atoms with E-state index in [4.69, 9.17) is 4.74 Å². The molecule has 2 rings (SSSR count). The molecule has 0 bridgehead atoms. The zero-order valence-corrected chi connectivity index (χ0v) is 12.4. The van der Waals surface area contributed by atoms with Gasteiger partial charge in [0.05, 0.1) is 0 Å². The van der Waals surface area contributed by atoms with Gasteiger partial charge in [-0.1, -0.05) is 42.5 Å². The fourth-order valence-electron chi connectivity index (χ4n) is 1.95. The minimum atomic E-state index is 0.605. The molecule has 0 fully saturated rings. The molecule has 0 amide bonds. The van der Waals surface area contributed by atoms with Gasteiger partial charge in [0, 0.05) is 19.5 Å². The molecule has 0 saturated heterocycles. The van der Waals surface area contributed by atoms with Gasteiger partial charge in [0.25, 0.3) is 0 Å². The van der Waals surface area contributed by atoms with Crippen molar-refractivity contribution in [3.8, 4) is 17.6 Å². The van der Waals surface area contributed by atoms with E-state index in [2.05, 4.69) is 41.4 Å². The molecule has 21 heavy (non-hydrogen) atoms. The first-order valence-electron chi connectivity index (χ1n) is 7.24. The number of benzene rings is 2. The van der Waals surface area contributed by atoms with Gasteiger partial charge in [-0.2, -0.15) is 0 Å². The van der Waals surface area contributed by atoms with Crippen LogP contribution in [-0.2, 0) is 13.2 Å². The molecular formula is C19H21NO. The molecule has 0 heterocycles. The normalized spacial score (nSPS) is 9.76. The number of hydrogen-bond acceptors (Lipinski definition) is 2. The molecule has 0 radical (unpaired) electrons. The first kappa shape index (κ1) is 15.2. The largest absolute Gasteiger partial charge is 0.489 e. The summed E-state index contributed by atoms with van der Waals surface area (Å²) in [7, 11) is 0. The van der Waals surface area contributed by atoms with Crippen LogP contribution in [0.15, 0.2) is 54.6 Å². The molecule has 2 heteroatoms. The molecule has 2 aromatic rings. The molecule has 0 spiro atoms. The van der Waals surface area contributed by atoms with E-state index in [-0.39, 0.29) is 0 Å². The molecule has 2 nitrogen and oxygen atoms in total. The Morgan fingerprint density at radius 3 is 2.43 bits per heavy atom. The van der Waals surface area contributed by atoms with Crippen molar-refractivity contribution < 1.29 is 4.74 Å². The summed E-state index contributed by atoms with van der Waals surface area (Å²) in [5, 5.41) is 3.37. The highest BCUT2D eigenvalue weighted by Gasteiger charge is 1.97. The van der Waals surface area contributed by atoms with E-state index < -0.39 is 0 Å². The van der Waals surface area contributed by atoms with E-state index in [1.165, 1.54) is 11.1 Å². The number of ether oxygens (including phenoxy) is 1. The minimum absolute atomic E-state index is 0.605. The Labute approximate surface area is 127 Å². The van der Waals surface area contributed by atoms with Gasteiger partial charge >= 0.3 is 0 Å². The maximum Gasteiger partial charge on any atom is 0.119 e. The highest BCUT2D eigenvalue weighted by molar-refractivity contribution is 5.27. The van der Waals surface area contributed by atoms with E-state index >= 15 is 0 Å². The van der Waals surface area contributed by atoms with Crippen LogP contribution in [0.2, 0.25) is 0 Å². The highest BCUT2D eigenvalue weighted by Crippen LogP contribution is 2.14. The predicted molar refractivity (Wildman–Crippen MR) is 87.0 cm³/mol. The van der Waals surface area contributed by atoms with Gasteiger partial charge in [-0.05, 0) is 30.2 Å².